The number of para-hydroxylation sites is 8. The van der Waals surface area contributed by atoms with Gasteiger partial charge in [-0.05, 0) is 211 Å². The number of fused-ring (bicyclic) bond motifs is 18. The Balaban J connectivity index is 0.000000115. The Labute approximate surface area is 908 Å². The number of anilines is 9. The second-order valence-electron chi connectivity index (χ2n) is 37.8. The molecular weight excluding hydrogens is 2390 g/mol. The molecule has 732 valence electrons. The molecule has 0 unspecified atom stereocenters. The number of hydrogen-bond donors (Lipinski definition) is 0. The van der Waals surface area contributed by atoms with Crippen LogP contribution in [0.1, 0.15) is 0 Å². The number of aromatic nitrogens is 12. The van der Waals surface area contributed by atoms with Crippen molar-refractivity contribution in [2.45, 2.75) is 0 Å². The van der Waals surface area contributed by atoms with Crippen molar-refractivity contribution in [3.8, 4) is 84.6 Å². The summed E-state index contributed by atoms with van der Waals surface area (Å²) in [4.78, 5) is 43.2. The van der Waals surface area contributed by atoms with Crippen LogP contribution in [0.2, 0.25) is 0 Å². The Hall–Kier alpha value is -17.1. The summed E-state index contributed by atoms with van der Waals surface area (Å²) in [5.74, 6) is 2.59. The van der Waals surface area contributed by atoms with Gasteiger partial charge in [-0.25, -0.2) is 15.0 Å². The Morgan fingerprint density at radius 2 is 0.593 bits per heavy atom. The van der Waals surface area contributed by atoms with E-state index in [0.29, 0.717) is 0 Å². The molecule has 9 aromatic heterocycles. The molecule has 0 atom stereocenters. The molecule has 0 radical (unpaired) electrons. The summed E-state index contributed by atoms with van der Waals surface area (Å²) in [6.07, 6.45) is 5.68. The zero-order valence-corrected chi connectivity index (χ0v) is 88.7. The Kier molecular flexibility index (Phi) is 23.8. The van der Waals surface area contributed by atoms with Crippen molar-refractivity contribution in [2.24, 2.45) is 21.1 Å². The summed E-state index contributed by atoms with van der Waals surface area (Å²) < 4.78 is 13.0. The van der Waals surface area contributed by atoms with Crippen LogP contribution < -0.4 is 29.4 Å². The third-order valence-corrected chi connectivity index (χ3v) is 29.2. The number of imidazole rings is 3. The van der Waals surface area contributed by atoms with Gasteiger partial charge in [0, 0.05) is 137 Å². The number of rotatable bonds is 12. The van der Waals surface area contributed by atoms with Gasteiger partial charge in [-0.1, -0.05) is 233 Å². The number of hydrogen-bond acceptors (Lipinski definition) is 12. The molecule has 0 bridgehead atoms. The first kappa shape index (κ1) is 93.9. The van der Waals surface area contributed by atoms with Crippen LogP contribution in [-0.2, 0) is 84.3 Å². The summed E-state index contributed by atoms with van der Waals surface area (Å²) in [7, 11) is 12.4. The van der Waals surface area contributed by atoms with Gasteiger partial charge in [0.1, 0.15) is 16.9 Å². The van der Waals surface area contributed by atoms with Gasteiger partial charge in [-0.15, -0.1) is 143 Å². The van der Waals surface area contributed by atoms with Crippen LogP contribution in [-0.4, -0.2) is 78.4 Å². The fourth-order valence-corrected chi connectivity index (χ4v) is 22.0. The van der Waals surface area contributed by atoms with E-state index < -0.39 is 0 Å². The average molecular weight is 2470 g/mol. The van der Waals surface area contributed by atoms with Crippen LogP contribution in [0.3, 0.4) is 0 Å². The van der Waals surface area contributed by atoms with E-state index in [2.05, 4.69) is 513 Å². The first-order valence-electron chi connectivity index (χ1n) is 49.1. The van der Waals surface area contributed by atoms with E-state index in [0.717, 1.165) is 218 Å². The molecule has 18 aromatic carbocycles. The Morgan fingerprint density at radius 3 is 1.09 bits per heavy atom. The Morgan fingerprint density at radius 1 is 0.227 bits per heavy atom. The predicted octanol–water partition coefficient (Wildman–Crippen LogP) is 29.6. The molecule has 0 aliphatic carbocycles. The average Bonchev–Trinajstić information content (AvgIpc) is 1.58. The maximum Gasteiger partial charge on any atom is 0.132 e. The van der Waals surface area contributed by atoms with Crippen molar-refractivity contribution in [3.63, 3.8) is 0 Å². The minimum Gasteiger partial charge on any atom is -0.504 e. The minimum atomic E-state index is 0. The molecule has 18 nitrogen and oxygen atoms in total. The smallest absolute Gasteiger partial charge is 0.132 e. The molecule has 0 saturated heterocycles. The normalized spacial score (nSPS) is 12.7. The van der Waals surface area contributed by atoms with Crippen molar-refractivity contribution < 1.29 is 63.2 Å². The first-order valence-corrected chi connectivity index (χ1v) is 49.1. The van der Waals surface area contributed by atoms with E-state index in [1.807, 2.05) is 42.9 Å². The molecule has 0 N–H and O–H groups in total. The van der Waals surface area contributed by atoms with E-state index in [1.165, 1.54) is 49.0 Å². The van der Waals surface area contributed by atoms with E-state index in [9.17, 15) is 0 Å². The maximum atomic E-state index is 5.19. The van der Waals surface area contributed by atoms with Crippen molar-refractivity contribution in [2.75, 3.05) is 50.5 Å². The largest absolute Gasteiger partial charge is 0.504 e. The number of pyridine rings is 3. The molecule has 12 heterocycles. The van der Waals surface area contributed by atoms with Gasteiger partial charge in [0.15, 0.2) is 0 Å². The van der Waals surface area contributed by atoms with Crippen molar-refractivity contribution in [1.29, 1.82) is 0 Å². The van der Waals surface area contributed by atoms with Gasteiger partial charge >= 0.3 is 0 Å². The molecule has 21 heteroatoms. The van der Waals surface area contributed by atoms with Gasteiger partial charge in [0.2, 0.25) is 0 Å². The molecule has 0 spiro atoms. The summed E-state index contributed by atoms with van der Waals surface area (Å²) >= 11 is 0. The topological polar surface area (TPSA) is 126 Å². The van der Waals surface area contributed by atoms with Crippen LogP contribution in [0.4, 0.5) is 51.2 Å². The third-order valence-electron chi connectivity index (χ3n) is 29.2. The molecule has 0 saturated carbocycles. The fraction of sp³-hybridized carbons (Fsp3) is 0.0465. The predicted molar refractivity (Wildman–Crippen MR) is 601 cm³/mol. The molecule has 0 fully saturated rings. The van der Waals surface area contributed by atoms with E-state index in [1.54, 1.807) is 0 Å². The number of aryl methyl sites for hydroxylation is 3. The summed E-state index contributed by atoms with van der Waals surface area (Å²) in [6.45, 7) is 6.31. The molecule has 3 aliphatic heterocycles. The maximum absolute atomic E-state index is 5.19. The van der Waals surface area contributed by atoms with Crippen molar-refractivity contribution in [1.82, 2.24) is 57.3 Å². The quantitative estimate of drug-likeness (QED) is 0.108. The molecule has 3 aliphatic rings. The zero-order chi connectivity index (χ0) is 97.9. The first-order chi connectivity index (χ1) is 72.3. The zero-order valence-electron chi connectivity index (χ0n) is 81.8. The SMILES string of the molecule is CN1[CH-]N(c2[c-]c(-n3c4[c-]c(-c5nc6cc(-c7cccc8ccccc78)ccc6n5C)ccc4c4cccnc43)ccc2)c2ccccc21.CN1[CH-]N(c2[c-]c(-n3c4[c-]c(-c5nc6ccc(-c7cccc8ccccc78)cc6n5C)ccc4c4cccnc43)ccc2)c2ccccc21.CN1[CH-]N(c2[c-]c(-n3c4[c-]c(-c5nc6ccccc6n5C)ccc4c4cc(-c5ccc6ccccc6c5)cnc43)ccc2)c2ccccc21.[Pt].[Pt].[Pt]. The standard InChI is InChI=1S/3C43H29N6.3Pt/c1-46-27-48(40-18-6-5-17-39(40)46)31-12-8-13-32(26-31)49-41-25-30(19-21-35(41)36-16-9-23-44-43(36)49)42-45-37-24-29(20-22-38(37)47(42)2)34-15-7-11-28-10-3-4-14-33(28)34;1-46-27-48(39-18-6-5-17-38(39)46)31-12-8-13-32(26-31)49-40-25-30(19-21-35(40)36-16-9-23-44-43(36)49)42-45-37-22-20-29(24-41(37)47(42)2)34-15-7-11-28-10-3-4-14-33(28)34;1-46-27-48(40-17-8-7-16-39(40)46)33-12-9-13-34(25-33)49-41-24-31(42-45-37-14-5-6-15-38(37)47(42)2)20-21-35(41)36-23-32(26-44-43(36)49)30-19-18-28-10-3-4-11-29(28)22-30;;;/h2*3-24,27H,1-2H3;3-23,26-27H,1-2H3;;;/q3*-3;;;. The monoisotopic (exact) mass is 2470 g/mol. The third kappa shape index (κ3) is 15.7. The van der Waals surface area contributed by atoms with Gasteiger partial charge in [0.25, 0.3) is 0 Å². The van der Waals surface area contributed by atoms with Gasteiger partial charge < -0.3 is 56.8 Å². The second kappa shape index (κ2) is 38.0. The van der Waals surface area contributed by atoms with Crippen LogP contribution in [0.15, 0.2) is 401 Å². The summed E-state index contributed by atoms with van der Waals surface area (Å²) in [5, 5.41) is 13.8. The Bertz CT molecular complexity index is 9860. The van der Waals surface area contributed by atoms with Crippen LogP contribution >= 0.6 is 0 Å². The summed E-state index contributed by atoms with van der Waals surface area (Å²) in [5.41, 5.74) is 33.6. The van der Waals surface area contributed by atoms with Gasteiger partial charge in [-0.2, -0.15) is 38.2 Å². The van der Waals surface area contributed by atoms with E-state index in [-0.39, 0.29) is 63.2 Å². The molecule has 150 heavy (non-hydrogen) atoms. The number of benzene rings is 18. The van der Waals surface area contributed by atoms with Gasteiger partial charge in [0.05, 0.1) is 50.6 Å². The van der Waals surface area contributed by atoms with Crippen LogP contribution in [0, 0.1) is 56.4 Å². The van der Waals surface area contributed by atoms with Crippen LogP contribution in [0.25, 0.3) is 216 Å². The molecule has 27 aromatic rings. The number of nitrogens with zero attached hydrogens (tertiary/aromatic N) is 18. The van der Waals surface area contributed by atoms with Crippen molar-refractivity contribution >= 4 is 182 Å². The van der Waals surface area contributed by atoms with E-state index >= 15 is 0 Å². The molecule has 0 amide bonds. The summed E-state index contributed by atoms with van der Waals surface area (Å²) in [6, 6.07) is 156. The van der Waals surface area contributed by atoms with Crippen molar-refractivity contribution in [3.05, 3.63) is 457 Å². The van der Waals surface area contributed by atoms with Gasteiger partial charge in [-0.3, -0.25) is 15.0 Å². The molecule has 30 rings (SSSR count). The van der Waals surface area contributed by atoms with Crippen LogP contribution in [0.5, 0.6) is 0 Å². The molecular formula is C129H87N18Pt3-9. The van der Waals surface area contributed by atoms with E-state index in [4.69, 9.17) is 29.9 Å². The fourth-order valence-electron chi connectivity index (χ4n) is 22.0. The minimum absolute atomic E-state index is 0. The second-order valence-corrected chi connectivity index (χ2v) is 37.8.